The number of nitrogens with zero attached hydrogens (tertiary/aromatic N) is 1. The molecular weight excluding hydrogens is 255 g/mol. The van der Waals surface area contributed by atoms with E-state index in [0.717, 1.165) is 37.8 Å². The summed E-state index contributed by atoms with van der Waals surface area (Å²) in [6.45, 7) is 0. The molecule has 1 aliphatic carbocycles. The molecule has 0 spiro atoms. The van der Waals surface area contributed by atoms with E-state index in [1.54, 1.807) is 7.05 Å². The molecule has 0 aromatic heterocycles. The first kappa shape index (κ1) is 13.3. The molecule has 1 aromatic rings. The van der Waals surface area contributed by atoms with Gasteiger partial charge < -0.3 is 5.73 Å². The van der Waals surface area contributed by atoms with Gasteiger partial charge in [-0.15, -0.1) is 0 Å². The number of nitrogens with two attached hydrogens (primary N) is 1. The molecule has 0 unspecified atom stereocenters. The van der Waals surface area contributed by atoms with Crippen molar-refractivity contribution >= 4 is 15.7 Å². The zero-order chi connectivity index (χ0) is 13.3. The monoisotopic (exact) mass is 272 g/mol. The summed E-state index contributed by atoms with van der Waals surface area (Å²) in [5.41, 5.74) is 5.61. The van der Waals surface area contributed by atoms with Gasteiger partial charge in [-0.25, -0.2) is 12.8 Å². The molecule has 0 saturated heterocycles. The van der Waals surface area contributed by atoms with E-state index in [9.17, 15) is 12.8 Å². The molecule has 1 fully saturated rings. The fourth-order valence-electron chi connectivity index (χ4n) is 2.36. The average molecular weight is 272 g/mol. The van der Waals surface area contributed by atoms with Gasteiger partial charge in [0.2, 0.25) is 10.0 Å². The molecule has 0 aliphatic heterocycles. The maximum absolute atomic E-state index is 13.2. The van der Waals surface area contributed by atoms with Crippen molar-refractivity contribution in [2.45, 2.75) is 36.6 Å². The topological polar surface area (TPSA) is 63.4 Å². The summed E-state index contributed by atoms with van der Waals surface area (Å²) in [5.74, 6) is -0.631. The first-order valence-corrected chi connectivity index (χ1v) is 7.39. The second kappa shape index (κ2) is 4.85. The summed E-state index contributed by atoms with van der Waals surface area (Å²) >= 11 is 0. The number of sulfonamides is 1. The van der Waals surface area contributed by atoms with Crippen molar-refractivity contribution < 1.29 is 12.8 Å². The minimum atomic E-state index is -3.65. The lowest BCUT2D eigenvalue weighted by Crippen LogP contribution is -2.35. The third kappa shape index (κ3) is 2.49. The third-order valence-corrected chi connectivity index (χ3v) is 5.30. The molecule has 1 aliphatic rings. The number of halogens is 1. The molecule has 0 heterocycles. The molecule has 0 atom stereocenters. The maximum Gasteiger partial charge on any atom is 0.243 e. The molecule has 1 aromatic carbocycles. The van der Waals surface area contributed by atoms with Crippen LogP contribution >= 0.6 is 0 Å². The molecule has 1 saturated carbocycles. The minimum Gasteiger partial charge on any atom is -0.399 e. The Balaban J connectivity index is 2.34. The Kier molecular flexibility index (Phi) is 3.59. The van der Waals surface area contributed by atoms with Gasteiger partial charge in [0.1, 0.15) is 5.82 Å². The Bertz CT molecular complexity index is 519. The second-order valence-corrected chi connectivity index (χ2v) is 6.68. The van der Waals surface area contributed by atoms with E-state index in [-0.39, 0.29) is 16.6 Å². The van der Waals surface area contributed by atoms with Gasteiger partial charge in [0.05, 0.1) is 4.90 Å². The highest BCUT2D eigenvalue weighted by Gasteiger charge is 2.30. The Morgan fingerprint density at radius 3 is 2.44 bits per heavy atom. The van der Waals surface area contributed by atoms with Gasteiger partial charge in [-0.2, -0.15) is 4.31 Å². The Morgan fingerprint density at radius 1 is 1.28 bits per heavy atom. The zero-order valence-electron chi connectivity index (χ0n) is 10.3. The Morgan fingerprint density at radius 2 is 1.89 bits per heavy atom. The predicted octanol–water partition coefficient (Wildman–Crippen LogP) is 1.97. The highest BCUT2D eigenvalue weighted by molar-refractivity contribution is 7.89. The third-order valence-electron chi connectivity index (χ3n) is 3.41. The second-order valence-electron chi connectivity index (χ2n) is 4.68. The van der Waals surface area contributed by atoms with Gasteiger partial charge in [0.15, 0.2) is 0 Å². The van der Waals surface area contributed by atoms with Gasteiger partial charge in [-0.1, -0.05) is 12.8 Å². The lowest BCUT2D eigenvalue weighted by Gasteiger charge is -2.23. The van der Waals surface area contributed by atoms with Gasteiger partial charge >= 0.3 is 0 Å². The fourth-order valence-corrected chi connectivity index (χ4v) is 3.85. The number of hydrogen-bond donors (Lipinski definition) is 1. The molecule has 100 valence electrons. The minimum absolute atomic E-state index is 0.0134. The Hall–Kier alpha value is -1.14. The van der Waals surface area contributed by atoms with Crippen LogP contribution in [0.5, 0.6) is 0 Å². The summed E-state index contributed by atoms with van der Waals surface area (Å²) in [4.78, 5) is -0.0746. The largest absolute Gasteiger partial charge is 0.399 e. The summed E-state index contributed by atoms with van der Waals surface area (Å²) < 4.78 is 39.2. The average Bonchev–Trinajstić information content (AvgIpc) is 2.79. The number of nitrogen functional groups attached to an aromatic ring is 1. The van der Waals surface area contributed by atoms with E-state index in [2.05, 4.69) is 0 Å². The lowest BCUT2D eigenvalue weighted by atomic mass is 10.3. The zero-order valence-corrected chi connectivity index (χ0v) is 11.1. The standard InChI is InChI=1S/C12H17FN2O2S/c1-15(11-4-2-3-5-11)18(16,17)12-7-9(13)6-10(14)8-12/h6-8,11H,2-5,14H2,1H3. The summed E-state index contributed by atoms with van der Waals surface area (Å²) in [5, 5.41) is 0. The van der Waals surface area contributed by atoms with E-state index >= 15 is 0 Å². The normalized spacial score (nSPS) is 17.5. The fraction of sp³-hybridized carbons (Fsp3) is 0.500. The first-order valence-electron chi connectivity index (χ1n) is 5.95. The number of benzene rings is 1. The van der Waals surface area contributed by atoms with Crippen molar-refractivity contribution in [2.75, 3.05) is 12.8 Å². The Labute approximate surface area is 107 Å². The van der Waals surface area contributed by atoms with Crippen molar-refractivity contribution in [3.63, 3.8) is 0 Å². The van der Waals surface area contributed by atoms with Crippen molar-refractivity contribution in [3.8, 4) is 0 Å². The van der Waals surface area contributed by atoms with Gasteiger partial charge in [0, 0.05) is 18.8 Å². The van der Waals surface area contributed by atoms with Crippen molar-refractivity contribution in [3.05, 3.63) is 24.0 Å². The van der Waals surface area contributed by atoms with Crippen LogP contribution in [0.25, 0.3) is 0 Å². The first-order chi connectivity index (χ1) is 8.41. The van der Waals surface area contributed by atoms with Crippen molar-refractivity contribution in [2.24, 2.45) is 0 Å². The smallest absolute Gasteiger partial charge is 0.243 e. The highest BCUT2D eigenvalue weighted by atomic mass is 32.2. The lowest BCUT2D eigenvalue weighted by molar-refractivity contribution is 0.373. The van der Waals surface area contributed by atoms with E-state index in [1.165, 1.54) is 10.4 Å². The van der Waals surface area contributed by atoms with Crippen LogP contribution < -0.4 is 5.73 Å². The van der Waals surface area contributed by atoms with Gasteiger partial charge in [-0.05, 0) is 31.0 Å². The van der Waals surface area contributed by atoms with E-state index in [4.69, 9.17) is 5.73 Å². The molecule has 4 nitrogen and oxygen atoms in total. The SMILES string of the molecule is CN(C1CCCC1)S(=O)(=O)c1cc(N)cc(F)c1. The van der Waals surface area contributed by atoms with Crippen LogP contribution in [0.3, 0.4) is 0 Å². The molecule has 6 heteroatoms. The number of anilines is 1. The summed E-state index contributed by atoms with van der Waals surface area (Å²) in [6, 6.07) is 3.43. The quantitative estimate of drug-likeness (QED) is 0.856. The van der Waals surface area contributed by atoms with Crippen LogP contribution in [0.15, 0.2) is 23.1 Å². The van der Waals surface area contributed by atoms with Gasteiger partial charge in [-0.3, -0.25) is 0 Å². The van der Waals surface area contributed by atoms with Crippen LogP contribution in [0.4, 0.5) is 10.1 Å². The van der Waals surface area contributed by atoms with Crippen LogP contribution in [-0.2, 0) is 10.0 Å². The van der Waals surface area contributed by atoms with Crippen LogP contribution in [0, 0.1) is 5.82 Å². The molecule has 0 bridgehead atoms. The predicted molar refractivity (Wildman–Crippen MR) is 68.0 cm³/mol. The van der Waals surface area contributed by atoms with Crippen LogP contribution in [-0.4, -0.2) is 25.8 Å². The summed E-state index contributed by atoms with van der Waals surface area (Å²) in [6.07, 6.45) is 3.80. The highest BCUT2D eigenvalue weighted by Crippen LogP contribution is 2.28. The number of rotatable bonds is 3. The molecular formula is C12H17FN2O2S. The maximum atomic E-state index is 13.2. The van der Waals surface area contributed by atoms with Crippen molar-refractivity contribution in [1.29, 1.82) is 0 Å². The number of hydrogen-bond acceptors (Lipinski definition) is 3. The molecule has 18 heavy (non-hydrogen) atoms. The van der Waals surface area contributed by atoms with Gasteiger partial charge in [0.25, 0.3) is 0 Å². The summed E-state index contributed by atoms with van der Waals surface area (Å²) in [7, 11) is -2.11. The van der Waals surface area contributed by atoms with E-state index in [1.807, 2.05) is 0 Å². The van der Waals surface area contributed by atoms with Crippen LogP contribution in [0.2, 0.25) is 0 Å². The molecule has 0 amide bonds. The molecule has 2 N–H and O–H groups in total. The van der Waals surface area contributed by atoms with E-state index < -0.39 is 15.8 Å². The molecule has 0 radical (unpaired) electrons. The van der Waals surface area contributed by atoms with Crippen LogP contribution in [0.1, 0.15) is 25.7 Å². The van der Waals surface area contributed by atoms with Crippen molar-refractivity contribution in [1.82, 2.24) is 4.31 Å². The van der Waals surface area contributed by atoms with E-state index in [0.29, 0.717) is 0 Å². The molecule has 2 rings (SSSR count).